The van der Waals surface area contributed by atoms with E-state index in [0.29, 0.717) is 6.42 Å². The standard InChI is InChI=1S/C53H82O17P2/c1-3-5-7-9-11-13-15-17-18-19-20-21-22-24-26-28-30-32-36-40-46(55)66-42-45(43-67-72(64,65)70-53-50(59)48(57)49(58)52(51(53)60)69-71(61,62)63)68-47(56)41-37-33-35-39-44(54)38-34-31-29-27-25-23-16-14-12-10-8-6-4-2/h5-8,11-14,17-18,20-21,23-26,29,31,33-35,38,44-45,48-54,57-60H,3-4,9-10,15-16,19,22,27-28,30,32,36-37,39-43H2,1-2H3,(H,64,65)(H2,61,62,63)/b7-5-,8-6-,13-11-,14-12-,18-17-,21-20-,25-23-,26-24-,31-29-,35-33-,38-34-/t44?,45-,48?,49?,50?,51?,52-,53+/m1/s1. The van der Waals surface area contributed by atoms with E-state index in [4.69, 9.17) is 18.5 Å². The Morgan fingerprint density at radius 1 is 0.514 bits per heavy atom. The predicted octanol–water partition coefficient (Wildman–Crippen LogP) is 9.03. The van der Waals surface area contributed by atoms with Gasteiger partial charge in [0, 0.05) is 12.8 Å². The first kappa shape index (κ1) is 66.1. The number of phosphoric ester groups is 2. The van der Waals surface area contributed by atoms with Gasteiger partial charge in [-0.25, -0.2) is 9.13 Å². The summed E-state index contributed by atoms with van der Waals surface area (Å²) in [5.41, 5.74) is 0. The average molecular weight is 1050 g/mol. The maximum absolute atomic E-state index is 13.0. The number of allylic oxidation sites excluding steroid dienone is 20. The predicted molar refractivity (Wildman–Crippen MR) is 279 cm³/mol. The smallest absolute Gasteiger partial charge is 0.462 e. The Morgan fingerprint density at radius 2 is 1.00 bits per heavy atom. The van der Waals surface area contributed by atoms with Crippen LogP contribution in [0.4, 0.5) is 0 Å². The summed E-state index contributed by atoms with van der Waals surface area (Å²) in [6.45, 7) is 2.70. The lowest BCUT2D eigenvalue weighted by Crippen LogP contribution is -2.64. The van der Waals surface area contributed by atoms with Crippen LogP contribution in [0.5, 0.6) is 0 Å². The summed E-state index contributed by atoms with van der Waals surface area (Å²) in [7, 11) is -10.8. The maximum atomic E-state index is 13.0. The minimum atomic E-state index is -5.40. The van der Waals surface area contributed by atoms with Crippen molar-refractivity contribution in [2.45, 2.75) is 172 Å². The van der Waals surface area contributed by atoms with Crippen molar-refractivity contribution in [1.82, 2.24) is 0 Å². The zero-order chi connectivity index (χ0) is 53.3. The van der Waals surface area contributed by atoms with Crippen LogP contribution in [0.3, 0.4) is 0 Å². The van der Waals surface area contributed by atoms with Gasteiger partial charge in [-0.15, -0.1) is 0 Å². The lowest BCUT2D eigenvalue weighted by molar-refractivity contribution is -0.216. The molecule has 72 heavy (non-hydrogen) atoms. The normalized spacial score (nSPS) is 22.3. The van der Waals surface area contributed by atoms with Crippen molar-refractivity contribution in [2.24, 2.45) is 0 Å². The Labute approximate surface area is 426 Å². The summed E-state index contributed by atoms with van der Waals surface area (Å²) in [4.78, 5) is 54.4. The van der Waals surface area contributed by atoms with Gasteiger partial charge in [0.05, 0.1) is 12.7 Å². The number of unbranched alkanes of at least 4 members (excludes halogenated alkanes) is 3. The molecule has 0 aromatic carbocycles. The SMILES string of the molecule is CC/C=C\C/C=C\C/C=C\C/C=C\C=C/C(O)C/C=C\CCC(=O)O[C@H](COC(=O)CCCCC/C=C\C/C=C\C/C=C\C/C=C\C/C=C\CC)COP(=O)(O)O[C@H]1C(O)C(O)C(O)[C@@H](OP(=O)(O)O)C1O. The monoisotopic (exact) mass is 1050 g/mol. The van der Waals surface area contributed by atoms with Crippen molar-refractivity contribution in [1.29, 1.82) is 0 Å². The molecule has 0 saturated heterocycles. The number of rotatable bonds is 39. The Hall–Kier alpha value is -3.90. The molecule has 0 bridgehead atoms. The summed E-state index contributed by atoms with van der Waals surface area (Å²) in [6, 6.07) is 0. The number of esters is 2. The summed E-state index contributed by atoms with van der Waals surface area (Å²) >= 11 is 0. The van der Waals surface area contributed by atoms with Crippen LogP contribution < -0.4 is 0 Å². The fourth-order valence-corrected chi connectivity index (χ4v) is 8.05. The summed E-state index contributed by atoms with van der Waals surface area (Å²) in [5, 5.41) is 51.6. The van der Waals surface area contributed by atoms with Crippen LogP contribution in [0.15, 0.2) is 134 Å². The topological polar surface area (TPSA) is 276 Å². The van der Waals surface area contributed by atoms with Crippen LogP contribution in [0, 0.1) is 0 Å². The molecule has 19 heteroatoms. The van der Waals surface area contributed by atoms with Crippen LogP contribution in [0.25, 0.3) is 0 Å². The molecule has 0 amide bonds. The van der Waals surface area contributed by atoms with Crippen molar-refractivity contribution >= 4 is 27.6 Å². The van der Waals surface area contributed by atoms with Gasteiger partial charge in [-0.3, -0.25) is 23.2 Å². The van der Waals surface area contributed by atoms with E-state index in [9.17, 15) is 58.9 Å². The zero-order valence-corrected chi connectivity index (χ0v) is 43.7. The molecule has 406 valence electrons. The molecule has 0 heterocycles. The van der Waals surface area contributed by atoms with Gasteiger partial charge in [0.2, 0.25) is 0 Å². The first-order chi connectivity index (χ1) is 34.5. The molecule has 1 fully saturated rings. The molecule has 1 rings (SSSR count). The summed E-state index contributed by atoms with van der Waals surface area (Å²) < 4.78 is 49.3. The second-order valence-corrected chi connectivity index (χ2v) is 19.2. The minimum absolute atomic E-state index is 0.0353. The summed E-state index contributed by atoms with van der Waals surface area (Å²) in [6.07, 6.45) is 39.9. The van der Waals surface area contributed by atoms with Crippen molar-refractivity contribution in [3.8, 4) is 0 Å². The van der Waals surface area contributed by atoms with Gasteiger partial charge < -0.3 is 49.7 Å². The van der Waals surface area contributed by atoms with Gasteiger partial charge in [0.25, 0.3) is 0 Å². The molecule has 8 N–H and O–H groups in total. The fourth-order valence-electron chi connectivity index (χ4n) is 6.51. The zero-order valence-electron chi connectivity index (χ0n) is 41.9. The third kappa shape index (κ3) is 35.3. The molecule has 1 aliphatic carbocycles. The highest BCUT2D eigenvalue weighted by Gasteiger charge is 2.54. The minimum Gasteiger partial charge on any atom is -0.462 e. The number of hydrogen-bond acceptors (Lipinski definition) is 14. The third-order valence-electron chi connectivity index (χ3n) is 10.3. The largest absolute Gasteiger partial charge is 0.472 e. The van der Waals surface area contributed by atoms with E-state index >= 15 is 0 Å². The van der Waals surface area contributed by atoms with Gasteiger partial charge in [-0.1, -0.05) is 154 Å². The molecular weight excluding hydrogens is 971 g/mol. The molecule has 0 spiro atoms. The fraction of sp³-hybridized carbons (Fsp3) is 0.547. The number of aliphatic hydroxyl groups excluding tert-OH is 5. The van der Waals surface area contributed by atoms with Crippen molar-refractivity contribution in [2.75, 3.05) is 13.2 Å². The molecule has 0 radical (unpaired) electrons. The van der Waals surface area contributed by atoms with Gasteiger partial charge >= 0.3 is 27.6 Å². The van der Waals surface area contributed by atoms with Crippen molar-refractivity contribution in [3.63, 3.8) is 0 Å². The molecule has 17 nitrogen and oxygen atoms in total. The van der Waals surface area contributed by atoms with E-state index in [1.807, 2.05) is 12.2 Å². The number of ether oxygens (including phenoxy) is 2. The number of carbonyl (C=O) groups excluding carboxylic acids is 2. The lowest BCUT2D eigenvalue weighted by atomic mass is 9.85. The van der Waals surface area contributed by atoms with E-state index in [0.717, 1.165) is 77.0 Å². The Balaban J connectivity index is 2.70. The lowest BCUT2D eigenvalue weighted by Gasteiger charge is -2.43. The maximum Gasteiger partial charge on any atom is 0.472 e. The molecule has 6 unspecified atom stereocenters. The number of phosphoric acid groups is 2. The molecule has 1 saturated carbocycles. The summed E-state index contributed by atoms with van der Waals surface area (Å²) in [5.74, 6) is -1.44. The van der Waals surface area contributed by atoms with E-state index in [2.05, 4.69) is 116 Å². The highest BCUT2D eigenvalue weighted by Crippen LogP contribution is 2.49. The molecule has 0 aliphatic heterocycles. The molecular formula is C53H82O17P2. The molecule has 0 aromatic heterocycles. The van der Waals surface area contributed by atoms with Gasteiger partial charge in [0.15, 0.2) is 6.10 Å². The van der Waals surface area contributed by atoms with Gasteiger partial charge in [-0.2, -0.15) is 0 Å². The second kappa shape index (κ2) is 41.5. The van der Waals surface area contributed by atoms with Crippen molar-refractivity contribution in [3.05, 3.63) is 134 Å². The number of hydrogen-bond donors (Lipinski definition) is 8. The van der Waals surface area contributed by atoms with Crippen LogP contribution in [-0.4, -0.2) is 114 Å². The van der Waals surface area contributed by atoms with Gasteiger partial charge in [-0.05, 0) is 89.9 Å². The van der Waals surface area contributed by atoms with E-state index in [1.54, 1.807) is 24.3 Å². The van der Waals surface area contributed by atoms with E-state index in [1.165, 1.54) is 0 Å². The average Bonchev–Trinajstić information content (AvgIpc) is 3.33. The highest BCUT2D eigenvalue weighted by molar-refractivity contribution is 7.47. The number of carbonyl (C=O) groups is 2. The first-order valence-corrected chi connectivity index (χ1v) is 27.9. The highest BCUT2D eigenvalue weighted by atomic mass is 31.2. The number of aliphatic hydroxyl groups is 5. The molecule has 9 atom stereocenters. The first-order valence-electron chi connectivity index (χ1n) is 24.8. The van der Waals surface area contributed by atoms with Crippen LogP contribution in [0.2, 0.25) is 0 Å². The third-order valence-corrected chi connectivity index (χ3v) is 11.8. The van der Waals surface area contributed by atoms with Crippen LogP contribution >= 0.6 is 15.6 Å². The Morgan fingerprint density at radius 3 is 1.53 bits per heavy atom. The Bertz CT molecular complexity index is 1910. The second-order valence-electron chi connectivity index (χ2n) is 16.6. The van der Waals surface area contributed by atoms with E-state index in [-0.39, 0.29) is 25.7 Å². The molecule has 0 aromatic rings. The van der Waals surface area contributed by atoms with Crippen LogP contribution in [0.1, 0.15) is 123 Å². The quantitative estimate of drug-likeness (QED) is 0.00937. The van der Waals surface area contributed by atoms with Gasteiger partial charge in [0.1, 0.15) is 43.2 Å². The molecule has 1 aliphatic rings. The Kier molecular flexibility index (Phi) is 38.1. The van der Waals surface area contributed by atoms with E-state index < -0.39 is 89.6 Å². The van der Waals surface area contributed by atoms with Crippen molar-refractivity contribution < 1.29 is 82.0 Å². The van der Waals surface area contributed by atoms with Crippen LogP contribution in [-0.2, 0) is 41.8 Å².